The van der Waals surface area contributed by atoms with E-state index >= 15 is 0 Å². The fourth-order valence-electron chi connectivity index (χ4n) is 1.93. The summed E-state index contributed by atoms with van der Waals surface area (Å²) >= 11 is 0. The molecule has 1 aromatic rings. The third-order valence-corrected chi connectivity index (χ3v) is 2.98. The molecule has 106 valence electrons. The number of carbonyl (C=O) groups is 1. The largest absolute Gasteiger partial charge is 0.375 e. The molecule has 0 aromatic heterocycles. The highest BCUT2D eigenvalue weighted by molar-refractivity contribution is 5.85. The number of rotatable bonds is 3. The minimum absolute atomic E-state index is 0. The Morgan fingerprint density at radius 3 is 2.79 bits per heavy atom. The molecule has 0 spiro atoms. The van der Waals surface area contributed by atoms with Crippen molar-refractivity contribution in [2.45, 2.75) is 25.6 Å². The normalized spacial score (nSPS) is 22.4. The second-order valence-corrected chi connectivity index (χ2v) is 4.35. The van der Waals surface area contributed by atoms with E-state index in [1.165, 1.54) is 12.1 Å². The van der Waals surface area contributed by atoms with Crippen LogP contribution in [0.5, 0.6) is 0 Å². The van der Waals surface area contributed by atoms with E-state index in [4.69, 9.17) is 4.74 Å². The molecule has 1 amide bonds. The number of hydrogen-bond acceptors (Lipinski definition) is 3. The second-order valence-electron chi connectivity index (χ2n) is 4.35. The fraction of sp³-hybridized carbons (Fsp3) is 0.462. The summed E-state index contributed by atoms with van der Waals surface area (Å²) in [4.78, 5) is 11.9. The SMILES string of the molecule is C[C@H]1OCCN[C@@H]1C(=O)NCc1ccc(F)cc1.Cl. The van der Waals surface area contributed by atoms with Crippen molar-refractivity contribution in [3.63, 3.8) is 0 Å². The van der Waals surface area contributed by atoms with Crippen molar-refractivity contribution in [2.24, 2.45) is 0 Å². The van der Waals surface area contributed by atoms with Gasteiger partial charge in [-0.2, -0.15) is 0 Å². The molecule has 1 aromatic carbocycles. The molecular formula is C13H18ClFN2O2. The van der Waals surface area contributed by atoms with Gasteiger partial charge in [-0.05, 0) is 24.6 Å². The molecule has 2 rings (SSSR count). The van der Waals surface area contributed by atoms with Crippen molar-refractivity contribution in [3.8, 4) is 0 Å². The Hall–Kier alpha value is -1.17. The first-order valence-corrected chi connectivity index (χ1v) is 6.04. The smallest absolute Gasteiger partial charge is 0.240 e. The monoisotopic (exact) mass is 288 g/mol. The van der Waals surface area contributed by atoms with Crippen LogP contribution in [-0.4, -0.2) is 31.2 Å². The maximum Gasteiger partial charge on any atom is 0.240 e. The third kappa shape index (κ3) is 4.45. The van der Waals surface area contributed by atoms with Gasteiger partial charge in [0.15, 0.2) is 0 Å². The standard InChI is InChI=1S/C13H17FN2O2.ClH/c1-9-12(15-6-7-18-9)13(17)16-8-10-2-4-11(14)5-3-10;/h2-5,9,12,15H,6-8H2,1H3,(H,16,17);1H/t9-,12+;/m1./s1. The van der Waals surface area contributed by atoms with Crippen molar-refractivity contribution in [1.82, 2.24) is 10.6 Å². The zero-order chi connectivity index (χ0) is 13.0. The number of carbonyl (C=O) groups excluding carboxylic acids is 1. The maximum atomic E-state index is 12.7. The summed E-state index contributed by atoms with van der Waals surface area (Å²) in [6.07, 6.45) is -0.132. The predicted molar refractivity (Wildman–Crippen MR) is 72.7 cm³/mol. The molecule has 1 saturated heterocycles. The van der Waals surface area contributed by atoms with Crippen LogP contribution in [0.15, 0.2) is 24.3 Å². The van der Waals surface area contributed by atoms with Crippen LogP contribution in [0, 0.1) is 5.82 Å². The average Bonchev–Trinajstić information content (AvgIpc) is 2.38. The lowest BCUT2D eigenvalue weighted by Crippen LogP contribution is -2.55. The van der Waals surface area contributed by atoms with E-state index in [1.807, 2.05) is 6.92 Å². The fourth-order valence-corrected chi connectivity index (χ4v) is 1.93. The van der Waals surface area contributed by atoms with E-state index in [9.17, 15) is 9.18 Å². The molecule has 4 nitrogen and oxygen atoms in total. The van der Waals surface area contributed by atoms with Crippen LogP contribution in [0.25, 0.3) is 0 Å². The van der Waals surface area contributed by atoms with Gasteiger partial charge in [0.05, 0.1) is 12.7 Å². The van der Waals surface area contributed by atoms with Gasteiger partial charge in [0.1, 0.15) is 11.9 Å². The van der Waals surface area contributed by atoms with E-state index in [0.717, 1.165) is 5.56 Å². The lowest BCUT2D eigenvalue weighted by atomic mass is 10.1. The maximum absolute atomic E-state index is 12.7. The Bertz CT molecular complexity index is 414. The summed E-state index contributed by atoms with van der Waals surface area (Å²) in [7, 11) is 0. The molecule has 0 aliphatic carbocycles. The van der Waals surface area contributed by atoms with Gasteiger partial charge in [-0.15, -0.1) is 12.4 Å². The average molecular weight is 289 g/mol. The Balaban J connectivity index is 0.00000180. The van der Waals surface area contributed by atoms with Crippen LogP contribution in [0.1, 0.15) is 12.5 Å². The van der Waals surface area contributed by atoms with Gasteiger partial charge in [0, 0.05) is 13.1 Å². The number of morpholine rings is 1. The summed E-state index contributed by atoms with van der Waals surface area (Å²) in [5, 5.41) is 5.93. The van der Waals surface area contributed by atoms with Gasteiger partial charge >= 0.3 is 0 Å². The van der Waals surface area contributed by atoms with Crippen molar-refractivity contribution >= 4 is 18.3 Å². The van der Waals surface area contributed by atoms with Gasteiger partial charge < -0.3 is 15.4 Å². The van der Waals surface area contributed by atoms with Crippen molar-refractivity contribution in [1.29, 1.82) is 0 Å². The molecule has 0 bridgehead atoms. The number of ether oxygens (including phenoxy) is 1. The summed E-state index contributed by atoms with van der Waals surface area (Å²) < 4.78 is 18.1. The lowest BCUT2D eigenvalue weighted by Gasteiger charge is -2.29. The first-order valence-electron chi connectivity index (χ1n) is 6.04. The van der Waals surface area contributed by atoms with Gasteiger partial charge in [-0.1, -0.05) is 12.1 Å². The highest BCUT2D eigenvalue weighted by Gasteiger charge is 2.27. The molecule has 1 aliphatic heterocycles. The molecule has 1 aliphatic rings. The van der Waals surface area contributed by atoms with Crippen LogP contribution in [0.4, 0.5) is 4.39 Å². The topological polar surface area (TPSA) is 50.4 Å². The van der Waals surface area contributed by atoms with Gasteiger partial charge in [-0.25, -0.2) is 4.39 Å². The number of benzene rings is 1. The highest BCUT2D eigenvalue weighted by atomic mass is 35.5. The Morgan fingerprint density at radius 1 is 1.47 bits per heavy atom. The molecule has 0 saturated carbocycles. The zero-order valence-corrected chi connectivity index (χ0v) is 11.5. The van der Waals surface area contributed by atoms with Crippen molar-refractivity contribution in [3.05, 3.63) is 35.6 Å². The van der Waals surface area contributed by atoms with Crippen LogP contribution in [0.3, 0.4) is 0 Å². The molecule has 2 atom stereocenters. The van der Waals surface area contributed by atoms with E-state index in [-0.39, 0.29) is 36.3 Å². The van der Waals surface area contributed by atoms with Gasteiger partial charge in [-0.3, -0.25) is 4.79 Å². The molecule has 0 unspecified atom stereocenters. The third-order valence-electron chi connectivity index (χ3n) is 2.98. The number of halogens is 2. The van der Waals surface area contributed by atoms with Crippen LogP contribution in [-0.2, 0) is 16.1 Å². The molecule has 1 fully saturated rings. The minimum Gasteiger partial charge on any atom is -0.375 e. The second kappa shape index (κ2) is 7.43. The van der Waals surface area contributed by atoms with E-state index < -0.39 is 0 Å². The van der Waals surface area contributed by atoms with Crippen LogP contribution >= 0.6 is 12.4 Å². The molecule has 0 radical (unpaired) electrons. The Morgan fingerprint density at radius 2 is 2.16 bits per heavy atom. The molecule has 1 heterocycles. The highest BCUT2D eigenvalue weighted by Crippen LogP contribution is 2.05. The Kier molecular flexibility index (Phi) is 6.21. The summed E-state index contributed by atoms with van der Waals surface area (Å²) in [6, 6.07) is 5.76. The first-order chi connectivity index (χ1) is 8.66. The summed E-state index contributed by atoms with van der Waals surface area (Å²) in [6.45, 7) is 3.57. The van der Waals surface area contributed by atoms with Crippen molar-refractivity contribution < 1.29 is 13.9 Å². The first kappa shape index (κ1) is 15.9. The van der Waals surface area contributed by atoms with E-state index in [0.29, 0.717) is 19.7 Å². The molecule has 19 heavy (non-hydrogen) atoms. The molecular weight excluding hydrogens is 271 g/mol. The predicted octanol–water partition coefficient (Wildman–Crippen LogP) is 1.24. The number of nitrogens with one attached hydrogen (secondary N) is 2. The van der Waals surface area contributed by atoms with Crippen LogP contribution < -0.4 is 10.6 Å². The minimum atomic E-state index is -0.320. The summed E-state index contributed by atoms with van der Waals surface area (Å²) in [5.41, 5.74) is 0.870. The molecule has 2 N–H and O–H groups in total. The van der Waals surface area contributed by atoms with Crippen molar-refractivity contribution in [2.75, 3.05) is 13.2 Å². The molecule has 6 heteroatoms. The van der Waals surface area contributed by atoms with E-state index in [1.54, 1.807) is 12.1 Å². The zero-order valence-electron chi connectivity index (χ0n) is 10.7. The number of amides is 1. The quantitative estimate of drug-likeness (QED) is 0.880. The Labute approximate surface area is 118 Å². The van der Waals surface area contributed by atoms with Crippen LogP contribution in [0.2, 0.25) is 0 Å². The van der Waals surface area contributed by atoms with Gasteiger partial charge in [0.2, 0.25) is 5.91 Å². The van der Waals surface area contributed by atoms with E-state index in [2.05, 4.69) is 10.6 Å². The van der Waals surface area contributed by atoms with Gasteiger partial charge in [0.25, 0.3) is 0 Å². The number of hydrogen-bond donors (Lipinski definition) is 2. The summed E-state index contributed by atoms with van der Waals surface area (Å²) in [5.74, 6) is -0.368. The lowest BCUT2D eigenvalue weighted by molar-refractivity contribution is -0.129.